The van der Waals surface area contributed by atoms with E-state index in [9.17, 15) is 4.79 Å². The predicted octanol–water partition coefficient (Wildman–Crippen LogP) is 3.76. The summed E-state index contributed by atoms with van der Waals surface area (Å²) in [6.45, 7) is 0.475. The maximum atomic E-state index is 12.4. The molecule has 3 rings (SSSR count). The molecule has 0 atom stereocenters. The van der Waals surface area contributed by atoms with Crippen molar-refractivity contribution in [1.29, 1.82) is 0 Å². The first-order valence-electron chi connectivity index (χ1n) is 6.60. The molecule has 0 fully saturated rings. The Kier molecular flexibility index (Phi) is 3.84. The lowest BCUT2D eigenvalue weighted by Crippen LogP contribution is -2.19. The Balaban J connectivity index is 1.89. The third-order valence-electron chi connectivity index (χ3n) is 3.20. The van der Waals surface area contributed by atoms with E-state index in [1.807, 2.05) is 42.5 Å². The van der Waals surface area contributed by atoms with Gasteiger partial charge in [-0.15, -0.1) is 0 Å². The van der Waals surface area contributed by atoms with Crippen LogP contribution in [0, 0.1) is 0 Å². The maximum Gasteiger partial charge on any atom is 0.261 e. The standard InChI is InChI=1S/C17H13ClN2O/c18-14-8-9-16-15(11-14)17(21)20(12-19-16)10-4-7-13-5-2-1-3-6-13/h1-9,11-12H,10H2/b7-4+. The van der Waals surface area contributed by atoms with E-state index in [4.69, 9.17) is 11.6 Å². The molecule has 0 aliphatic rings. The summed E-state index contributed by atoms with van der Waals surface area (Å²) >= 11 is 5.94. The number of halogens is 1. The molecule has 3 nitrogen and oxygen atoms in total. The average Bonchev–Trinajstić information content (AvgIpc) is 2.51. The van der Waals surface area contributed by atoms with Crippen molar-refractivity contribution in [3.63, 3.8) is 0 Å². The number of allylic oxidation sites excluding steroid dienone is 1. The molecule has 4 heteroatoms. The molecule has 1 heterocycles. The number of rotatable bonds is 3. The van der Waals surface area contributed by atoms with Crippen molar-refractivity contribution in [2.45, 2.75) is 6.54 Å². The second-order valence-corrected chi connectivity index (χ2v) is 5.11. The maximum absolute atomic E-state index is 12.4. The molecule has 0 aliphatic heterocycles. The number of nitrogens with zero attached hydrogens (tertiary/aromatic N) is 2. The van der Waals surface area contributed by atoms with Crippen molar-refractivity contribution in [3.8, 4) is 0 Å². The molecule has 0 saturated carbocycles. The summed E-state index contributed by atoms with van der Waals surface area (Å²) in [6.07, 6.45) is 5.48. The van der Waals surface area contributed by atoms with Crippen LogP contribution < -0.4 is 5.56 Å². The Morgan fingerprint density at radius 2 is 1.95 bits per heavy atom. The summed E-state index contributed by atoms with van der Waals surface area (Å²) in [6, 6.07) is 15.1. The fourth-order valence-electron chi connectivity index (χ4n) is 2.13. The zero-order chi connectivity index (χ0) is 14.7. The molecule has 3 aromatic rings. The number of benzene rings is 2. The number of hydrogen-bond acceptors (Lipinski definition) is 2. The van der Waals surface area contributed by atoms with Gasteiger partial charge in [-0.2, -0.15) is 0 Å². The zero-order valence-corrected chi connectivity index (χ0v) is 12.0. The Morgan fingerprint density at radius 1 is 1.14 bits per heavy atom. The quantitative estimate of drug-likeness (QED) is 0.737. The number of hydrogen-bond donors (Lipinski definition) is 0. The minimum atomic E-state index is -0.0831. The summed E-state index contributed by atoms with van der Waals surface area (Å²) in [5, 5.41) is 1.08. The van der Waals surface area contributed by atoms with Crippen molar-refractivity contribution in [2.24, 2.45) is 0 Å². The van der Waals surface area contributed by atoms with E-state index >= 15 is 0 Å². The summed E-state index contributed by atoms with van der Waals surface area (Å²) < 4.78 is 1.57. The van der Waals surface area contributed by atoms with E-state index < -0.39 is 0 Å². The topological polar surface area (TPSA) is 34.9 Å². The highest BCUT2D eigenvalue weighted by Crippen LogP contribution is 2.14. The van der Waals surface area contributed by atoms with Crippen LogP contribution in [0.15, 0.2) is 65.7 Å². The van der Waals surface area contributed by atoms with Crippen LogP contribution in [0.2, 0.25) is 5.02 Å². The van der Waals surface area contributed by atoms with E-state index in [0.717, 1.165) is 5.56 Å². The van der Waals surface area contributed by atoms with Gasteiger partial charge in [0.2, 0.25) is 0 Å². The van der Waals surface area contributed by atoms with Gasteiger partial charge in [0.05, 0.1) is 17.2 Å². The average molecular weight is 297 g/mol. The largest absolute Gasteiger partial charge is 0.295 e. The molecule has 0 amide bonds. The van der Waals surface area contributed by atoms with E-state index in [1.54, 1.807) is 29.1 Å². The molecule has 0 spiro atoms. The van der Waals surface area contributed by atoms with Crippen LogP contribution in [-0.4, -0.2) is 9.55 Å². The fraction of sp³-hybridized carbons (Fsp3) is 0.0588. The lowest BCUT2D eigenvalue weighted by molar-refractivity contribution is 0.769. The van der Waals surface area contributed by atoms with Crippen molar-refractivity contribution >= 4 is 28.6 Å². The molecule has 21 heavy (non-hydrogen) atoms. The Hall–Kier alpha value is -2.39. The fourth-order valence-corrected chi connectivity index (χ4v) is 2.30. The molecule has 0 N–H and O–H groups in total. The lowest BCUT2D eigenvalue weighted by Gasteiger charge is -2.04. The predicted molar refractivity (Wildman–Crippen MR) is 86.5 cm³/mol. The van der Waals surface area contributed by atoms with Crippen LogP contribution in [0.5, 0.6) is 0 Å². The van der Waals surface area contributed by atoms with Crippen LogP contribution >= 0.6 is 11.6 Å². The van der Waals surface area contributed by atoms with Gasteiger partial charge in [-0.05, 0) is 23.8 Å². The number of aromatic nitrogens is 2. The minimum Gasteiger partial charge on any atom is -0.295 e. The normalized spacial score (nSPS) is 11.3. The van der Waals surface area contributed by atoms with Gasteiger partial charge in [0, 0.05) is 11.6 Å². The Morgan fingerprint density at radius 3 is 2.76 bits per heavy atom. The van der Waals surface area contributed by atoms with Gasteiger partial charge in [0.25, 0.3) is 5.56 Å². The highest BCUT2D eigenvalue weighted by atomic mass is 35.5. The van der Waals surface area contributed by atoms with Gasteiger partial charge in [-0.1, -0.05) is 54.1 Å². The molecular weight excluding hydrogens is 284 g/mol. The van der Waals surface area contributed by atoms with Gasteiger partial charge >= 0.3 is 0 Å². The third kappa shape index (κ3) is 3.03. The lowest BCUT2D eigenvalue weighted by atomic mass is 10.2. The van der Waals surface area contributed by atoms with Crippen LogP contribution in [-0.2, 0) is 6.54 Å². The van der Waals surface area contributed by atoms with Crippen LogP contribution in [0.3, 0.4) is 0 Å². The van der Waals surface area contributed by atoms with Gasteiger partial charge in [0.1, 0.15) is 0 Å². The molecule has 0 unspecified atom stereocenters. The molecule has 0 saturated heterocycles. The highest BCUT2D eigenvalue weighted by molar-refractivity contribution is 6.31. The minimum absolute atomic E-state index is 0.0831. The van der Waals surface area contributed by atoms with E-state index in [2.05, 4.69) is 4.98 Å². The second kappa shape index (κ2) is 5.94. The zero-order valence-electron chi connectivity index (χ0n) is 11.2. The Bertz CT molecular complexity index is 854. The monoisotopic (exact) mass is 296 g/mol. The third-order valence-corrected chi connectivity index (χ3v) is 3.43. The molecule has 104 valence electrons. The van der Waals surface area contributed by atoms with Crippen LogP contribution in [0.1, 0.15) is 5.56 Å². The first-order chi connectivity index (χ1) is 10.2. The van der Waals surface area contributed by atoms with Gasteiger partial charge < -0.3 is 0 Å². The van der Waals surface area contributed by atoms with Gasteiger partial charge in [-0.3, -0.25) is 9.36 Å². The van der Waals surface area contributed by atoms with E-state index in [0.29, 0.717) is 22.5 Å². The smallest absolute Gasteiger partial charge is 0.261 e. The SMILES string of the molecule is O=c1c2cc(Cl)ccc2ncn1C/C=C/c1ccccc1. The molecule has 2 aromatic carbocycles. The van der Waals surface area contributed by atoms with Crippen molar-refractivity contribution in [3.05, 3.63) is 81.9 Å². The summed E-state index contributed by atoms with van der Waals surface area (Å²) in [4.78, 5) is 16.6. The van der Waals surface area contributed by atoms with Crippen LogP contribution in [0.4, 0.5) is 0 Å². The molecule has 0 aliphatic carbocycles. The molecular formula is C17H13ClN2O. The molecule has 0 bridgehead atoms. The van der Waals surface area contributed by atoms with Crippen molar-refractivity contribution in [2.75, 3.05) is 0 Å². The summed E-state index contributed by atoms with van der Waals surface area (Å²) in [7, 11) is 0. The van der Waals surface area contributed by atoms with E-state index in [1.165, 1.54) is 0 Å². The summed E-state index contributed by atoms with van der Waals surface area (Å²) in [5.41, 5.74) is 1.68. The molecule has 1 aromatic heterocycles. The van der Waals surface area contributed by atoms with Crippen molar-refractivity contribution in [1.82, 2.24) is 9.55 Å². The summed E-state index contributed by atoms with van der Waals surface area (Å²) in [5.74, 6) is 0. The first-order valence-corrected chi connectivity index (χ1v) is 6.98. The second-order valence-electron chi connectivity index (χ2n) is 4.68. The van der Waals surface area contributed by atoms with E-state index in [-0.39, 0.29) is 5.56 Å². The highest BCUT2D eigenvalue weighted by Gasteiger charge is 2.03. The Labute approximate surface area is 127 Å². The van der Waals surface area contributed by atoms with Crippen molar-refractivity contribution < 1.29 is 0 Å². The van der Waals surface area contributed by atoms with Gasteiger partial charge in [-0.25, -0.2) is 4.98 Å². The van der Waals surface area contributed by atoms with Gasteiger partial charge in [0.15, 0.2) is 0 Å². The van der Waals surface area contributed by atoms with Crippen LogP contribution in [0.25, 0.3) is 17.0 Å². The molecule has 0 radical (unpaired) electrons. The number of fused-ring (bicyclic) bond motifs is 1. The first kappa shape index (κ1) is 13.6.